The van der Waals surface area contributed by atoms with E-state index in [2.05, 4.69) is 63.3 Å². The Balaban J connectivity index is 0.894. The molecule has 0 bridgehead atoms. The van der Waals surface area contributed by atoms with Gasteiger partial charge in [-0.2, -0.15) is 0 Å². The molecule has 1 fully saturated rings. The second-order valence-electron chi connectivity index (χ2n) is 19.7. The third-order valence-electron chi connectivity index (χ3n) is 13.4. The van der Waals surface area contributed by atoms with Crippen molar-refractivity contribution in [2.75, 3.05) is 69.6 Å². The minimum absolute atomic E-state index is 0.00542. The SMILES string of the molecule is CC(=O)O[C@H]1C(C)[C@H](C)C(C)O[C@H]1Oc1ccc(NC(=O)CCOCCOCCOCCOCCNC(=O)CCCCC(=O)N2Cc3ccccc3C#Cc3ccccc32)cc1CO[Si](C)(C)C(C)(C)C. The predicted octanol–water partition coefficient (Wildman–Crippen LogP) is 8.55. The van der Waals surface area contributed by atoms with Crippen molar-refractivity contribution in [2.45, 2.75) is 130 Å². The zero-order valence-corrected chi connectivity index (χ0v) is 44.4. The van der Waals surface area contributed by atoms with E-state index >= 15 is 0 Å². The smallest absolute Gasteiger partial charge is 0.303 e. The number of ether oxygens (including phenoxy) is 7. The van der Waals surface area contributed by atoms with E-state index in [1.54, 1.807) is 12.1 Å². The van der Waals surface area contributed by atoms with Gasteiger partial charge in [0, 0.05) is 54.6 Å². The average molecular weight is 1000 g/mol. The highest BCUT2D eigenvalue weighted by atomic mass is 28.4. The topological polar surface area (TPSA) is 169 Å². The number of unbranched alkanes of at least 4 members (excludes halogenated alkanes) is 1. The fourth-order valence-corrected chi connectivity index (χ4v) is 8.68. The van der Waals surface area contributed by atoms with Crippen LogP contribution < -0.4 is 20.3 Å². The van der Waals surface area contributed by atoms with E-state index in [0.717, 1.165) is 27.9 Å². The van der Waals surface area contributed by atoms with Crippen LogP contribution in [0.5, 0.6) is 5.75 Å². The first-order valence-corrected chi connectivity index (χ1v) is 28.0. The molecule has 16 heteroatoms. The van der Waals surface area contributed by atoms with Gasteiger partial charge in [-0.25, -0.2) is 0 Å². The minimum atomic E-state index is -2.15. The van der Waals surface area contributed by atoms with Crippen molar-refractivity contribution >= 4 is 43.4 Å². The fraction of sp³-hybridized carbons (Fsp3) is 0.564. The van der Waals surface area contributed by atoms with E-state index in [-0.39, 0.29) is 60.3 Å². The molecule has 0 spiro atoms. The van der Waals surface area contributed by atoms with E-state index in [4.69, 9.17) is 37.6 Å². The fourth-order valence-electron chi connectivity index (χ4n) is 7.73. The second kappa shape index (κ2) is 28.2. The van der Waals surface area contributed by atoms with Gasteiger partial charge in [0.2, 0.25) is 24.0 Å². The molecule has 71 heavy (non-hydrogen) atoms. The number of para-hydroxylation sites is 1. The third-order valence-corrected chi connectivity index (χ3v) is 17.8. The quantitative estimate of drug-likeness (QED) is 0.0324. The molecule has 2 heterocycles. The number of anilines is 2. The Morgan fingerprint density at radius 3 is 2.06 bits per heavy atom. The first-order valence-electron chi connectivity index (χ1n) is 25.1. The summed E-state index contributed by atoms with van der Waals surface area (Å²) in [6, 6.07) is 21.0. The van der Waals surface area contributed by atoms with Gasteiger partial charge in [-0.1, -0.05) is 76.8 Å². The van der Waals surface area contributed by atoms with Crippen molar-refractivity contribution in [1.29, 1.82) is 0 Å². The van der Waals surface area contributed by atoms with Crippen molar-refractivity contribution < 1.29 is 56.8 Å². The van der Waals surface area contributed by atoms with Crippen LogP contribution in [0.4, 0.5) is 11.4 Å². The molecule has 15 nitrogen and oxygen atoms in total. The maximum Gasteiger partial charge on any atom is 0.303 e. The highest BCUT2D eigenvalue weighted by Crippen LogP contribution is 2.39. The van der Waals surface area contributed by atoms with Crippen LogP contribution >= 0.6 is 0 Å². The van der Waals surface area contributed by atoms with Crippen molar-refractivity contribution in [3.8, 4) is 17.6 Å². The summed E-state index contributed by atoms with van der Waals surface area (Å²) < 4.78 is 47.4. The number of esters is 1. The Kier molecular flexibility index (Phi) is 22.6. The number of rotatable bonds is 27. The van der Waals surface area contributed by atoms with Crippen LogP contribution in [0.3, 0.4) is 0 Å². The minimum Gasteiger partial charge on any atom is -0.460 e. The van der Waals surface area contributed by atoms with Crippen molar-refractivity contribution in [1.82, 2.24) is 5.32 Å². The van der Waals surface area contributed by atoms with Gasteiger partial charge >= 0.3 is 5.97 Å². The first-order chi connectivity index (χ1) is 33.9. The summed E-state index contributed by atoms with van der Waals surface area (Å²) in [6.07, 6.45) is 0.515. The molecule has 3 amide bonds. The number of benzene rings is 3. The molecule has 5 atom stereocenters. The molecule has 3 aromatic carbocycles. The summed E-state index contributed by atoms with van der Waals surface area (Å²) in [7, 11) is -2.15. The van der Waals surface area contributed by atoms with Gasteiger partial charge in [0.1, 0.15) is 5.75 Å². The van der Waals surface area contributed by atoms with Gasteiger partial charge in [0.05, 0.1) is 84.2 Å². The molecule has 0 radical (unpaired) electrons. The Hall–Kier alpha value is -5.12. The van der Waals surface area contributed by atoms with Crippen LogP contribution in [0.2, 0.25) is 18.1 Å². The Morgan fingerprint density at radius 2 is 1.37 bits per heavy atom. The lowest BCUT2D eigenvalue weighted by Gasteiger charge is -2.42. The Morgan fingerprint density at radius 1 is 0.746 bits per heavy atom. The van der Waals surface area contributed by atoms with Gasteiger partial charge in [0.15, 0.2) is 14.4 Å². The number of fused-ring (bicyclic) bond motifs is 2. The van der Waals surface area contributed by atoms with Gasteiger partial charge in [-0.15, -0.1) is 0 Å². The zero-order chi connectivity index (χ0) is 51.4. The van der Waals surface area contributed by atoms with Crippen molar-refractivity contribution in [3.05, 3.63) is 89.0 Å². The molecule has 2 N–H and O–H groups in total. The molecule has 5 rings (SSSR count). The number of hydrogen-bond donors (Lipinski definition) is 2. The first kappa shape index (κ1) is 56.8. The highest BCUT2D eigenvalue weighted by Gasteiger charge is 2.44. The molecule has 2 unspecified atom stereocenters. The van der Waals surface area contributed by atoms with Crippen LogP contribution in [-0.2, 0) is 65.2 Å². The zero-order valence-electron chi connectivity index (χ0n) is 43.4. The molecular weight excluding hydrogens is 923 g/mol. The van der Waals surface area contributed by atoms with Gasteiger partial charge in [-0.05, 0) is 85.8 Å². The maximum absolute atomic E-state index is 13.4. The van der Waals surface area contributed by atoms with Crippen LogP contribution in [0.1, 0.15) is 103 Å². The summed E-state index contributed by atoms with van der Waals surface area (Å²) in [5, 5.41) is 5.82. The maximum atomic E-state index is 13.4. The lowest BCUT2D eigenvalue weighted by molar-refractivity contribution is -0.243. The van der Waals surface area contributed by atoms with Crippen LogP contribution in [0, 0.1) is 23.7 Å². The molecular formula is C55H77N3O12Si. The lowest BCUT2D eigenvalue weighted by Crippen LogP contribution is -2.52. The second-order valence-corrected chi connectivity index (χ2v) is 24.5. The largest absolute Gasteiger partial charge is 0.460 e. The van der Waals surface area contributed by atoms with Crippen LogP contribution in [0.15, 0.2) is 66.7 Å². The van der Waals surface area contributed by atoms with E-state index in [1.165, 1.54) is 6.92 Å². The van der Waals surface area contributed by atoms with Gasteiger partial charge in [0.25, 0.3) is 0 Å². The monoisotopic (exact) mass is 1000 g/mol. The van der Waals surface area contributed by atoms with E-state index < -0.39 is 26.7 Å². The summed E-state index contributed by atoms with van der Waals surface area (Å²) in [5.74, 6) is 6.49. The summed E-state index contributed by atoms with van der Waals surface area (Å²) in [5.41, 5.74) is 4.90. The van der Waals surface area contributed by atoms with E-state index in [0.29, 0.717) is 96.5 Å². The molecule has 2 aliphatic heterocycles. The molecule has 388 valence electrons. The van der Waals surface area contributed by atoms with Crippen molar-refractivity contribution in [3.63, 3.8) is 0 Å². The Labute approximate surface area is 422 Å². The molecule has 1 saturated heterocycles. The molecule has 0 aliphatic carbocycles. The number of carbonyl (C=O) groups is 4. The predicted molar refractivity (Wildman–Crippen MR) is 275 cm³/mol. The lowest BCUT2D eigenvalue weighted by atomic mass is 9.84. The van der Waals surface area contributed by atoms with Gasteiger partial charge < -0.3 is 53.1 Å². The van der Waals surface area contributed by atoms with Gasteiger partial charge in [-0.3, -0.25) is 19.2 Å². The van der Waals surface area contributed by atoms with Crippen molar-refractivity contribution in [2.24, 2.45) is 11.8 Å². The van der Waals surface area contributed by atoms with E-state index in [1.807, 2.05) is 73.3 Å². The van der Waals surface area contributed by atoms with E-state index in [9.17, 15) is 19.2 Å². The molecule has 2 aliphatic rings. The third kappa shape index (κ3) is 18.2. The number of hydrogen-bond acceptors (Lipinski definition) is 12. The summed E-state index contributed by atoms with van der Waals surface area (Å²) >= 11 is 0. The number of nitrogens with zero attached hydrogens (tertiary/aromatic N) is 1. The number of amides is 3. The molecule has 0 aromatic heterocycles. The Bertz CT molecular complexity index is 2270. The number of nitrogens with one attached hydrogen (secondary N) is 2. The number of carbonyl (C=O) groups excluding carboxylic acids is 4. The molecule has 3 aromatic rings. The summed E-state index contributed by atoms with van der Waals surface area (Å²) in [4.78, 5) is 52.6. The highest BCUT2D eigenvalue weighted by molar-refractivity contribution is 6.74. The molecule has 0 saturated carbocycles. The van der Waals surface area contributed by atoms with Crippen LogP contribution in [-0.4, -0.2) is 110 Å². The summed E-state index contributed by atoms with van der Waals surface area (Å²) in [6.45, 7) is 22.3. The normalized spacial score (nSPS) is 18.7. The standard InChI is InChI=1S/C55H77N3O12Si/c1-39-40(2)53(69-42(4)59)54(68-41(39)3)70-49-25-24-47(36-46(49)38-67-71(8,9)55(5,6)7)57-51(61)26-28-63-30-32-65-34-35-66-33-31-64-29-27-56-50(60)20-14-15-21-52(62)58-37-45-18-11-10-16-43(45)22-23-44-17-12-13-19-48(44)58/h10-13,16-19,24-25,36,39-41,53-54H,14-15,20-21,26-35,37-38H2,1-9H3,(H,56,60)(H,57,61)/t39-,40?,41?,53-,54-/m0/s1. The average Bonchev–Trinajstić information content (AvgIpc) is 3.32. The van der Waals surface area contributed by atoms with Crippen LogP contribution in [0.25, 0.3) is 0 Å².